The molecule has 1 N–H and O–H groups in total. The standard InChI is InChI=1S/C11H24N2/c1-5-10-8-13(9(2)3)7-6-11(10)12-4/h9-12H,5-8H2,1-4H3. The van der Waals surface area contributed by atoms with Crippen molar-refractivity contribution in [2.75, 3.05) is 20.1 Å². The van der Waals surface area contributed by atoms with E-state index in [-0.39, 0.29) is 0 Å². The predicted molar refractivity (Wildman–Crippen MR) is 58.0 cm³/mol. The Balaban J connectivity index is 2.47. The van der Waals surface area contributed by atoms with Crippen LogP contribution in [0, 0.1) is 5.92 Å². The van der Waals surface area contributed by atoms with Crippen LogP contribution in [0.15, 0.2) is 0 Å². The molecule has 0 spiro atoms. The van der Waals surface area contributed by atoms with Crippen LogP contribution in [0.3, 0.4) is 0 Å². The molecule has 1 aliphatic heterocycles. The highest BCUT2D eigenvalue weighted by molar-refractivity contribution is 4.84. The van der Waals surface area contributed by atoms with Gasteiger partial charge in [0.1, 0.15) is 0 Å². The SMILES string of the molecule is CCC1CN(C(C)C)CCC1NC. The topological polar surface area (TPSA) is 15.3 Å². The van der Waals surface area contributed by atoms with Gasteiger partial charge in [0.2, 0.25) is 0 Å². The van der Waals surface area contributed by atoms with E-state index in [1.807, 2.05) is 0 Å². The lowest BCUT2D eigenvalue weighted by atomic mass is 9.89. The quantitative estimate of drug-likeness (QED) is 0.718. The van der Waals surface area contributed by atoms with Crippen molar-refractivity contribution in [3.8, 4) is 0 Å². The summed E-state index contributed by atoms with van der Waals surface area (Å²) >= 11 is 0. The number of rotatable bonds is 3. The molecule has 1 aliphatic rings. The van der Waals surface area contributed by atoms with Crippen LogP contribution >= 0.6 is 0 Å². The molecular weight excluding hydrogens is 160 g/mol. The van der Waals surface area contributed by atoms with Crippen LogP contribution in [0.1, 0.15) is 33.6 Å². The van der Waals surface area contributed by atoms with Crippen LogP contribution in [0.25, 0.3) is 0 Å². The number of hydrogen-bond donors (Lipinski definition) is 1. The lowest BCUT2D eigenvalue weighted by Gasteiger charge is -2.40. The summed E-state index contributed by atoms with van der Waals surface area (Å²) in [6, 6.07) is 1.46. The summed E-state index contributed by atoms with van der Waals surface area (Å²) in [5.41, 5.74) is 0. The van der Waals surface area contributed by atoms with Gasteiger partial charge in [-0.05, 0) is 39.8 Å². The molecule has 0 saturated carbocycles. The van der Waals surface area contributed by atoms with Crippen LogP contribution in [0.2, 0.25) is 0 Å². The van der Waals surface area contributed by atoms with Crippen LogP contribution in [-0.4, -0.2) is 37.1 Å². The Bertz CT molecular complexity index is 145. The fourth-order valence-electron chi connectivity index (χ4n) is 2.32. The van der Waals surface area contributed by atoms with Crippen molar-refractivity contribution in [2.45, 2.75) is 45.7 Å². The molecule has 2 heteroatoms. The molecule has 1 saturated heterocycles. The van der Waals surface area contributed by atoms with Crippen LogP contribution in [0.5, 0.6) is 0 Å². The smallest absolute Gasteiger partial charge is 0.0117 e. The van der Waals surface area contributed by atoms with Gasteiger partial charge >= 0.3 is 0 Å². The number of likely N-dealkylation sites (tertiary alicyclic amines) is 1. The van der Waals surface area contributed by atoms with Gasteiger partial charge in [0, 0.05) is 18.6 Å². The molecule has 0 aromatic heterocycles. The second-order valence-corrected chi connectivity index (χ2v) is 4.44. The Morgan fingerprint density at radius 1 is 1.46 bits per heavy atom. The minimum atomic E-state index is 0.715. The first-order valence-electron chi connectivity index (χ1n) is 5.60. The van der Waals surface area contributed by atoms with E-state index in [1.165, 1.54) is 25.9 Å². The first kappa shape index (κ1) is 11.0. The van der Waals surface area contributed by atoms with Gasteiger partial charge in [-0.25, -0.2) is 0 Å². The Morgan fingerprint density at radius 3 is 2.62 bits per heavy atom. The summed E-state index contributed by atoms with van der Waals surface area (Å²) in [4.78, 5) is 2.60. The molecule has 78 valence electrons. The maximum atomic E-state index is 3.44. The van der Waals surface area contributed by atoms with Crippen LogP contribution in [0.4, 0.5) is 0 Å². The van der Waals surface area contributed by atoms with E-state index in [2.05, 4.69) is 38.0 Å². The van der Waals surface area contributed by atoms with E-state index in [4.69, 9.17) is 0 Å². The third-order valence-corrected chi connectivity index (χ3v) is 3.39. The average molecular weight is 184 g/mol. The summed E-state index contributed by atoms with van der Waals surface area (Å²) in [6.45, 7) is 9.44. The van der Waals surface area contributed by atoms with Gasteiger partial charge in [-0.15, -0.1) is 0 Å². The number of hydrogen-bond acceptors (Lipinski definition) is 2. The summed E-state index contributed by atoms with van der Waals surface area (Å²) in [6.07, 6.45) is 2.61. The number of nitrogens with zero attached hydrogens (tertiary/aromatic N) is 1. The molecule has 1 heterocycles. The Hall–Kier alpha value is -0.0800. The first-order valence-corrected chi connectivity index (χ1v) is 5.60. The normalized spacial score (nSPS) is 31.2. The summed E-state index contributed by atoms with van der Waals surface area (Å²) < 4.78 is 0. The molecule has 0 aliphatic carbocycles. The number of piperidine rings is 1. The molecule has 2 unspecified atom stereocenters. The maximum absolute atomic E-state index is 3.44. The average Bonchev–Trinajstić information content (AvgIpc) is 2.16. The molecule has 13 heavy (non-hydrogen) atoms. The van der Waals surface area contributed by atoms with Crippen molar-refractivity contribution < 1.29 is 0 Å². The Labute approximate surface area is 82.7 Å². The lowest BCUT2D eigenvalue weighted by Crippen LogP contribution is -2.50. The largest absolute Gasteiger partial charge is 0.317 e. The zero-order chi connectivity index (χ0) is 9.84. The molecule has 1 rings (SSSR count). The van der Waals surface area contributed by atoms with Gasteiger partial charge in [0.25, 0.3) is 0 Å². The summed E-state index contributed by atoms with van der Waals surface area (Å²) in [5, 5.41) is 3.44. The molecule has 0 radical (unpaired) electrons. The highest BCUT2D eigenvalue weighted by Crippen LogP contribution is 2.21. The molecule has 0 aromatic rings. The lowest BCUT2D eigenvalue weighted by molar-refractivity contribution is 0.111. The van der Waals surface area contributed by atoms with E-state index < -0.39 is 0 Å². The minimum absolute atomic E-state index is 0.715. The van der Waals surface area contributed by atoms with Crippen molar-refractivity contribution in [1.82, 2.24) is 10.2 Å². The molecule has 0 amide bonds. The highest BCUT2D eigenvalue weighted by Gasteiger charge is 2.27. The molecule has 0 aromatic carbocycles. The summed E-state index contributed by atoms with van der Waals surface area (Å²) in [7, 11) is 2.10. The zero-order valence-corrected chi connectivity index (χ0v) is 9.51. The number of nitrogens with one attached hydrogen (secondary N) is 1. The second kappa shape index (κ2) is 4.97. The van der Waals surface area contributed by atoms with Crippen molar-refractivity contribution in [3.05, 3.63) is 0 Å². The Morgan fingerprint density at radius 2 is 2.15 bits per heavy atom. The van der Waals surface area contributed by atoms with Gasteiger partial charge in [-0.3, -0.25) is 0 Å². The van der Waals surface area contributed by atoms with Gasteiger partial charge in [-0.2, -0.15) is 0 Å². The predicted octanol–water partition coefficient (Wildman–Crippen LogP) is 1.71. The van der Waals surface area contributed by atoms with Gasteiger partial charge in [0.15, 0.2) is 0 Å². The monoisotopic (exact) mass is 184 g/mol. The van der Waals surface area contributed by atoms with Gasteiger partial charge < -0.3 is 10.2 Å². The second-order valence-electron chi connectivity index (χ2n) is 4.44. The molecule has 1 fully saturated rings. The van der Waals surface area contributed by atoms with E-state index in [0.29, 0.717) is 6.04 Å². The first-order chi connectivity index (χ1) is 6.19. The molecule has 0 bridgehead atoms. The van der Waals surface area contributed by atoms with Gasteiger partial charge in [-0.1, -0.05) is 13.3 Å². The van der Waals surface area contributed by atoms with Crippen molar-refractivity contribution >= 4 is 0 Å². The summed E-state index contributed by atoms with van der Waals surface area (Å²) in [5.74, 6) is 0.848. The maximum Gasteiger partial charge on any atom is 0.0117 e. The van der Waals surface area contributed by atoms with E-state index in [9.17, 15) is 0 Å². The minimum Gasteiger partial charge on any atom is -0.317 e. The van der Waals surface area contributed by atoms with Crippen molar-refractivity contribution in [1.29, 1.82) is 0 Å². The van der Waals surface area contributed by atoms with Crippen molar-refractivity contribution in [2.24, 2.45) is 5.92 Å². The van der Waals surface area contributed by atoms with Crippen LogP contribution in [-0.2, 0) is 0 Å². The fraction of sp³-hybridized carbons (Fsp3) is 1.00. The van der Waals surface area contributed by atoms with E-state index in [0.717, 1.165) is 12.0 Å². The fourth-order valence-corrected chi connectivity index (χ4v) is 2.32. The third-order valence-electron chi connectivity index (χ3n) is 3.39. The molecule has 2 atom stereocenters. The molecule has 2 nitrogen and oxygen atoms in total. The van der Waals surface area contributed by atoms with Crippen LogP contribution < -0.4 is 5.32 Å². The Kier molecular flexibility index (Phi) is 4.20. The van der Waals surface area contributed by atoms with E-state index >= 15 is 0 Å². The zero-order valence-electron chi connectivity index (χ0n) is 9.51. The third kappa shape index (κ3) is 2.68. The van der Waals surface area contributed by atoms with E-state index in [1.54, 1.807) is 0 Å². The highest BCUT2D eigenvalue weighted by atomic mass is 15.2. The van der Waals surface area contributed by atoms with Crippen molar-refractivity contribution in [3.63, 3.8) is 0 Å². The molecular formula is C11H24N2. The van der Waals surface area contributed by atoms with Gasteiger partial charge in [0.05, 0.1) is 0 Å².